The monoisotopic (exact) mass is 600 g/mol. The Hall–Kier alpha value is -6.46. The maximum absolute atomic E-state index is 6.49. The highest BCUT2D eigenvalue weighted by Crippen LogP contribution is 2.49. The number of ether oxygens (including phenoxy) is 1. The van der Waals surface area contributed by atoms with Gasteiger partial charge in [0.05, 0.1) is 44.2 Å². The molecule has 0 bridgehead atoms. The van der Waals surface area contributed by atoms with E-state index in [0.29, 0.717) is 5.95 Å². The molecule has 218 valence electrons. The van der Waals surface area contributed by atoms with Gasteiger partial charge in [-0.25, -0.2) is 9.97 Å². The minimum absolute atomic E-state index is 0.633. The second kappa shape index (κ2) is 9.05. The molecule has 0 aliphatic carbocycles. The zero-order valence-corrected chi connectivity index (χ0v) is 25.1. The summed E-state index contributed by atoms with van der Waals surface area (Å²) in [5.74, 6) is 2.22. The highest BCUT2D eigenvalue weighted by Gasteiger charge is 2.27. The summed E-state index contributed by atoms with van der Waals surface area (Å²) in [5.41, 5.74) is 8.29. The zero-order chi connectivity index (χ0) is 30.6. The van der Waals surface area contributed by atoms with Crippen LogP contribution in [0.25, 0.3) is 88.2 Å². The molecule has 0 saturated carbocycles. The molecule has 0 spiro atoms. The summed E-state index contributed by atoms with van der Waals surface area (Å²) in [6, 6.07) is 51.1. The van der Waals surface area contributed by atoms with E-state index >= 15 is 0 Å². The van der Waals surface area contributed by atoms with Crippen molar-refractivity contribution in [2.24, 2.45) is 0 Å². The Morgan fingerprint density at radius 2 is 1.11 bits per heavy atom. The Balaban J connectivity index is 1.35. The first-order valence-corrected chi connectivity index (χ1v) is 15.9. The van der Waals surface area contributed by atoms with Crippen LogP contribution >= 0.6 is 0 Å². The molecule has 0 saturated heterocycles. The van der Waals surface area contributed by atoms with Gasteiger partial charge in [-0.2, -0.15) is 0 Å². The normalized spacial score (nSPS) is 12.4. The predicted molar refractivity (Wildman–Crippen MR) is 191 cm³/mol. The quantitative estimate of drug-likeness (QED) is 0.198. The number of benzene rings is 7. The van der Waals surface area contributed by atoms with E-state index in [1.807, 2.05) is 12.1 Å². The molecule has 3 aromatic heterocycles. The summed E-state index contributed by atoms with van der Waals surface area (Å²) < 4.78 is 11.2. The van der Waals surface area contributed by atoms with Gasteiger partial charge in [-0.3, -0.25) is 4.57 Å². The Morgan fingerprint density at radius 3 is 1.89 bits per heavy atom. The molecule has 5 nitrogen and oxygen atoms in total. The molecule has 0 unspecified atom stereocenters. The van der Waals surface area contributed by atoms with Crippen LogP contribution in [0.2, 0.25) is 0 Å². The molecule has 47 heavy (non-hydrogen) atoms. The van der Waals surface area contributed by atoms with Crippen LogP contribution in [-0.4, -0.2) is 19.1 Å². The highest BCUT2D eigenvalue weighted by atomic mass is 16.5. The molecule has 5 heteroatoms. The molecule has 10 aromatic rings. The lowest BCUT2D eigenvalue weighted by Gasteiger charge is -2.22. The van der Waals surface area contributed by atoms with E-state index in [1.54, 1.807) is 0 Å². The smallest absolute Gasteiger partial charge is 0.235 e. The molecule has 7 aromatic carbocycles. The molecule has 0 atom stereocenters. The third kappa shape index (κ3) is 3.27. The highest BCUT2D eigenvalue weighted by molar-refractivity contribution is 6.24. The van der Waals surface area contributed by atoms with Crippen LogP contribution in [0, 0.1) is 0 Å². The maximum Gasteiger partial charge on any atom is 0.235 e. The molecule has 0 radical (unpaired) electrons. The van der Waals surface area contributed by atoms with Crippen molar-refractivity contribution in [1.29, 1.82) is 0 Å². The second-order valence-corrected chi connectivity index (χ2v) is 12.2. The van der Waals surface area contributed by atoms with E-state index in [4.69, 9.17) is 14.7 Å². The van der Waals surface area contributed by atoms with Crippen molar-refractivity contribution in [2.45, 2.75) is 0 Å². The van der Waals surface area contributed by atoms with Crippen molar-refractivity contribution < 1.29 is 4.74 Å². The van der Waals surface area contributed by atoms with Crippen LogP contribution < -0.4 is 4.74 Å². The fourth-order valence-corrected chi connectivity index (χ4v) is 7.76. The first-order valence-electron chi connectivity index (χ1n) is 15.9. The molecule has 0 N–H and O–H groups in total. The first kappa shape index (κ1) is 24.8. The molecular formula is C42H24N4O. The van der Waals surface area contributed by atoms with E-state index in [2.05, 4.69) is 143 Å². The number of hydrogen-bond donors (Lipinski definition) is 0. The van der Waals surface area contributed by atoms with E-state index in [9.17, 15) is 0 Å². The largest absolute Gasteiger partial charge is 0.456 e. The van der Waals surface area contributed by atoms with Crippen molar-refractivity contribution in [3.8, 4) is 34.4 Å². The van der Waals surface area contributed by atoms with Crippen LogP contribution in [0.1, 0.15) is 0 Å². The minimum atomic E-state index is 0.633. The molecule has 0 fully saturated rings. The molecular weight excluding hydrogens is 576 g/mol. The number of para-hydroxylation sites is 3. The Bertz CT molecular complexity index is 2940. The van der Waals surface area contributed by atoms with Gasteiger partial charge in [-0.1, -0.05) is 103 Å². The van der Waals surface area contributed by atoms with Crippen LogP contribution in [0.5, 0.6) is 11.5 Å². The van der Waals surface area contributed by atoms with Crippen molar-refractivity contribution in [2.75, 3.05) is 0 Å². The summed E-state index contributed by atoms with van der Waals surface area (Å²) in [6.07, 6.45) is 0. The minimum Gasteiger partial charge on any atom is -0.456 e. The van der Waals surface area contributed by atoms with Gasteiger partial charge >= 0.3 is 0 Å². The lowest BCUT2D eigenvalue weighted by Crippen LogP contribution is -2.07. The second-order valence-electron chi connectivity index (χ2n) is 12.2. The van der Waals surface area contributed by atoms with Crippen LogP contribution in [-0.2, 0) is 0 Å². The summed E-state index contributed by atoms with van der Waals surface area (Å²) in [4.78, 5) is 10.8. The van der Waals surface area contributed by atoms with Crippen molar-refractivity contribution >= 4 is 65.3 Å². The van der Waals surface area contributed by atoms with E-state index in [-0.39, 0.29) is 0 Å². The fourth-order valence-electron chi connectivity index (χ4n) is 7.76. The Morgan fingerprint density at radius 1 is 0.447 bits per heavy atom. The predicted octanol–water partition coefficient (Wildman–Crippen LogP) is 10.7. The van der Waals surface area contributed by atoms with E-state index in [1.165, 1.54) is 10.8 Å². The molecule has 1 aliphatic heterocycles. The van der Waals surface area contributed by atoms with Crippen molar-refractivity contribution in [3.63, 3.8) is 0 Å². The average molecular weight is 601 g/mol. The van der Waals surface area contributed by atoms with Gasteiger partial charge in [0, 0.05) is 27.2 Å². The van der Waals surface area contributed by atoms with Crippen LogP contribution in [0.15, 0.2) is 146 Å². The number of hydrogen-bond acceptors (Lipinski definition) is 3. The molecule has 4 heterocycles. The molecule has 1 aliphatic rings. The standard InChI is InChI=1S/C42H24N4O/c1-2-12-26(13-3-1)45-33-18-8-6-15-28(33)30-22-23-31-29-16-7-9-19-34(29)46(41(31)40(30)45)42-43-32-17-10-20-35-38(32)39(44-42)37-27-14-5-4-11-25(27)21-24-36(37)47-35/h1-24H. The number of aromatic nitrogens is 4. The lowest BCUT2D eigenvalue weighted by molar-refractivity contribution is 0.487. The number of rotatable bonds is 2. The first-order chi connectivity index (χ1) is 23.3. The lowest BCUT2D eigenvalue weighted by atomic mass is 9.96. The zero-order valence-electron chi connectivity index (χ0n) is 25.1. The summed E-state index contributed by atoms with van der Waals surface area (Å²) >= 11 is 0. The van der Waals surface area contributed by atoms with Crippen molar-refractivity contribution in [1.82, 2.24) is 19.1 Å². The SMILES string of the molecule is c1ccc(-n2c3ccccc3c3ccc4c5ccccc5n(-c5nc6c7c(cccc7n5)Oc5ccc7ccccc7c5-6)c4c32)cc1. The third-order valence-electron chi connectivity index (χ3n) is 9.70. The maximum atomic E-state index is 6.49. The van der Waals surface area contributed by atoms with Crippen LogP contribution in [0.3, 0.4) is 0 Å². The molecule has 11 rings (SSSR count). The van der Waals surface area contributed by atoms with Gasteiger partial charge in [-0.15, -0.1) is 0 Å². The number of fused-ring (bicyclic) bond motifs is 11. The number of nitrogens with zero attached hydrogens (tertiary/aromatic N) is 4. The summed E-state index contributed by atoms with van der Waals surface area (Å²) in [5, 5.41) is 7.91. The average Bonchev–Trinajstić information content (AvgIpc) is 3.65. The fraction of sp³-hybridized carbons (Fsp3) is 0. The van der Waals surface area contributed by atoms with E-state index in [0.717, 1.165) is 83.0 Å². The van der Waals surface area contributed by atoms with Crippen LogP contribution in [0.4, 0.5) is 0 Å². The van der Waals surface area contributed by atoms with Gasteiger partial charge in [-0.05, 0) is 53.2 Å². The van der Waals surface area contributed by atoms with Gasteiger partial charge in [0.25, 0.3) is 0 Å². The topological polar surface area (TPSA) is 44.9 Å². The third-order valence-corrected chi connectivity index (χ3v) is 9.70. The van der Waals surface area contributed by atoms with Crippen molar-refractivity contribution in [3.05, 3.63) is 146 Å². The summed E-state index contributed by atoms with van der Waals surface area (Å²) in [7, 11) is 0. The summed E-state index contributed by atoms with van der Waals surface area (Å²) in [6.45, 7) is 0. The van der Waals surface area contributed by atoms with Gasteiger partial charge in [0.1, 0.15) is 11.5 Å². The van der Waals surface area contributed by atoms with E-state index < -0.39 is 0 Å². The Kier molecular flexibility index (Phi) is 4.78. The van der Waals surface area contributed by atoms with Gasteiger partial charge < -0.3 is 9.30 Å². The Labute approximate surface area is 268 Å². The van der Waals surface area contributed by atoms with Gasteiger partial charge in [0.2, 0.25) is 5.95 Å². The molecule has 0 amide bonds. The van der Waals surface area contributed by atoms with Gasteiger partial charge in [0.15, 0.2) is 0 Å².